The Bertz CT molecular complexity index is 1040. The van der Waals surface area contributed by atoms with Crippen LogP contribution in [0.5, 0.6) is 0 Å². The molecule has 1 fully saturated rings. The lowest BCUT2D eigenvalue weighted by atomic mass is 9.75. The van der Waals surface area contributed by atoms with E-state index in [9.17, 15) is 19.5 Å². The third kappa shape index (κ3) is 5.53. The highest BCUT2D eigenvalue weighted by atomic mass is 16.4. The van der Waals surface area contributed by atoms with Crippen molar-refractivity contribution < 1.29 is 19.5 Å². The fraction of sp³-hybridized carbons (Fsp3) is 0.423. The topological polar surface area (TPSA) is 108 Å². The fourth-order valence-corrected chi connectivity index (χ4v) is 4.55. The number of para-hydroxylation sites is 1. The normalized spacial score (nSPS) is 15.9. The number of carbonyl (C=O) groups excluding carboxylic acids is 2. The SMILES string of the molecule is Cc1ccc(C(=O)N[C@](C)(C(=O)O)C2CCCCC2)c(NC(=O)Nc2c(C)cccc2C)c1. The number of rotatable bonds is 6. The first-order valence-electron chi connectivity index (χ1n) is 11.4. The quantitative estimate of drug-likeness (QED) is 0.471. The minimum Gasteiger partial charge on any atom is -0.480 e. The van der Waals surface area contributed by atoms with Crippen molar-refractivity contribution in [2.75, 3.05) is 10.6 Å². The summed E-state index contributed by atoms with van der Waals surface area (Å²) in [6, 6.07) is 10.4. The van der Waals surface area contributed by atoms with Crippen molar-refractivity contribution in [1.29, 1.82) is 0 Å². The van der Waals surface area contributed by atoms with Gasteiger partial charge in [-0.05, 0) is 75.3 Å². The van der Waals surface area contributed by atoms with Gasteiger partial charge < -0.3 is 21.1 Å². The molecule has 0 aromatic heterocycles. The number of hydrogen-bond donors (Lipinski definition) is 4. The van der Waals surface area contributed by atoms with E-state index in [-0.39, 0.29) is 11.5 Å². The van der Waals surface area contributed by atoms with E-state index < -0.39 is 23.4 Å². The van der Waals surface area contributed by atoms with Gasteiger partial charge >= 0.3 is 12.0 Å². The Morgan fingerprint density at radius 1 is 0.939 bits per heavy atom. The highest BCUT2D eigenvalue weighted by Crippen LogP contribution is 2.33. The summed E-state index contributed by atoms with van der Waals surface area (Å²) in [6.07, 6.45) is 4.53. The van der Waals surface area contributed by atoms with Crippen molar-refractivity contribution in [3.05, 3.63) is 58.7 Å². The number of carboxylic acid groups (broad SMARTS) is 1. The zero-order chi connectivity index (χ0) is 24.2. The zero-order valence-corrected chi connectivity index (χ0v) is 19.7. The van der Waals surface area contributed by atoms with Crippen molar-refractivity contribution in [3.63, 3.8) is 0 Å². The molecule has 7 heteroatoms. The van der Waals surface area contributed by atoms with E-state index in [1.54, 1.807) is 25.1 Å². The monoisotopic (exact) mass is 451 g/mol. The van der Waals surface area contributed by atoms with Crippen LogP contribution in [0.15, 0.2) is 36.4 Å². The molecular formula is C26H33N3O4. The summed E-state index contributed by atoms with van der Waals surface area (Å²) in [5.74, 6) is -1.70. The lowest BCUT2D eigenvalue weighted by Gasteiger charge is -2.37. The number of aliphatic carboxylic acids is 1. The highest BCUT2D eigenvalue weighted by Gasteiger charge is 2.43. The molecule has 0 unspecified atom stereocenters. The Kier molecular flexibility index (Phi) is 7.41. The number of nitrogens with one attached hydrogen (secondary N) is 3. The summed E-state index contributed by atoms with van der Waals surface area (Å²) >= 11 is 0. The average Bonchev–Trinajstić information content (AvgIpc) is 2.76. The van der Waals surface area contributed by atoms with Gasteiger partial charge in [-0.1, -0.05) is 43.5 Å². The molecule has 33 heavy (non-hydrogen) atoms. The van der Waals surface area contributed by atoms with E-state index in [0.29, 0.717) is 11.4 Å². The molecule has 176 valence electrons. The largest absolute Gasteiger partial charge is 0.480 e. The van der Waals surface area contributed by atoms with Gasteiger partial charge in [0.05, 0.1) is 11.3 Å². The second-order valence-electron chi connectivity index (χ2n) is 9.19. The molecule has 3 rings (SSSR count). The van der Waals surface area contributed by atoms with Gasteiger partial charge in [-0.25, -0.2) is 9.59 Å². The first kappa shape index (κ1) is 24.3. The van der Waals surface area contributed by atoms with Gasteiger partial charge in [0, 0.05) is 5.69 Å². The van der Waals surface area contributed by atoms with Crippen LogP contribution in [-0.4, -0.2) is 28.6 Å². The minimum absolute atomic E-state index is 0.137. The maximum absolute atomic E-state index is 13.2. The van der Waals surface area contributed by atoms with Gasteiger partial charge in [0.25, 0.3) is 5.91 Å². The predicted molar refractivity (Wildman–Crippen MR) is 130 cm³/mol. The van der Waals surface area contributed by atoms with Gasteiger partial charge in [0.15, 0.2) is 0 Å². The number of amides is 3. The van der Waals surface area contributed by atoms with Crippen LogP contribution in [-0.2, 0) is 4.79 Å². The van der Waals surface area contributed by atoms with Gasteiger partial charge in [-0.15, -0.1) is 0 Å². The number of hydrogen-bond acceptors (Lipinski definition) is 3. The third-order valence-electron chi connectivity index (χ3n) is 6.63. The zero-order valence-electron chi connectivity index (χ0n) is 19.7. The van der Waals surface area contributed by atoms with Crippen LogP contribution >= 0.6 is 0 Å². The standard InChI is InChI=1S/C26H33N3O4/c1-16-13-14-20(23(30)29-26(4,24(31)32)19-11-6-5-7-12-19)21(15-16)27-25(33)28-22-17(2)9-8-10-18(22)3/h8-10,13-15,19H,5-7,11-12H2,1-4H3,(H,29,30)(H,31,32)(H2,27,28,33)/t26-/m0/s1. The Labute approximate surface area is 195 Å². The molecule has 0 saturated heterocycles. The fourth-order valence-electron chi connectivity index (χ4n) is 4.55. The maximum atomic E-state index is 13.2. The van der Waals surface area contributed by atoms with Crippen molar-refractivity contribution in [2.24, 2.45) is 5.92 Å². The molecule has 1 saturated carbocycles. The average molecular weight is 452 g/mol. The molecule has 4 N–H and O–H groups in total. The van der Waals surface area contributed by atoms with Gasteiger partial charge in [-0.2, -0.15) is 0 Å². The molecule has 2 aromatic carbocycles. The van der Waals surface area contributed by atoms with E-state index in [1.165, 1.54) is 0 Å². The second-order valence-corrected chi connectivity index (χ2v) is 9.19. The first-order chi connectivity index (χ1) is 15.6. The van der Waals surface area contributed by atoms with E-state index in [0.717, 1.165) is 48.8 Å². The molecule has 3 amide bonds. The number of anilines is 2. The number of carbonyl (C=O) groups is 3. The van der Waals surface area contributed by atoms with E-state index >= 15 is 0 Å². The summed E-state index contributed by atoms with van der Waals surface area (Å²) in [4.78, 5) is 38.2. The molecule has 0 radical (unpaired) electrons. The van der Waals surface area contributed by atoms with Crippen LogP contribution in [0, 0.1) is 26.7 Å². The first-order valence-corrected chi connectivity index (χ1v) is 11.4. The summed E-state index contributed by atoms with van der Waals surface area (Å²) < 4.78 is 0. The molecule has 7 nitrogen and oxygen atoms in total. The van der Waals surface area contributed by atoms with E-state index in [4.69, 9.17) is 0 Å². The van der Waals surface area contributed by atoms with Crippen LogP contribution in [0.25, 0.3) is 0 Å². The maximum Gasteiger partial charge on any atom is 0.329 e. The highest BCUT2D eigenvalue weighted by molar-refractivity contribution is 6.08. The van der Waals surface area contributed by atoms with Crippen molar-refractivity contribution in [3.8, 4) is 0 Å². The van der Waals surface area contributed by atoms with Crippen LogP contribution in [0.2, 0.25) is 0 Å². The molecule has 0 spiro atoms. The molecule has 0 heterocycles. The molecule has 0 bridgehead atoms. The van der Waals surface area contributed by atoms with Crippen molar-refractivity contribution >= 4 is 29.3 Å². The van der Waals surface area contributed by atoms with Crippen LogP contribution < -0.4 is 16.0 Å². The summed E-state index contributed by atoms with van der Waals surface area (Å²) in [5.41, 5.74) is 2.61. The van der Waals surface area contributed by atoms with E-state index in [2.05, 4.69) is 16.0 Å². The van der Waals surface area contributed by atoms with Gasteiger partial charge in [-0.3, -0.25) is 4.79 Å². The lowest BCUT2D eigenvalue weighted by Crippen LogP contribution is -2.57. The Balaban J connectivity index is 1.83. The number of carboxylic acids is 1. The molecule has 1 aliphatic carbocycles. The van der Waals surface area contributed by atoms with Gasteiger partial charge in [0.1, 0.15) is 5.54 Å². The summed E-state index contributed by atoms with van der Waals surface area (Å²) in [7, 11) is 0. The molecule has 1 aliphatic rings. The van der Waals surface area contributed by atoms with Crippen LogP contribution in [0.1, 0.15) is 66.1 Å². The van der Waals surface area contributed by atoms with Crippen LogP contribution in [0.4, 0.5) is 16.2 Å². The minimum atomic E-state index is -1.37. The number of aryl methyl sites for hydroxylation is 3. The Hall–Kier alpha value is -3.35. The second kappa shape index (κ2) is 10.1. The van der Waals surface area contributed by atoms with Crippen molar-refractivity contribution in [1.82, 2.24) is 5.32 Å². The van der Waals surface area contributed by atoms with Crippen LogP contribution in [0.3, 0.4) is 0 Å². The predicted octanol–water partition coefficient (Wildman–Crippen LogP) is 5.41. The number of benzene rings is 2. The van der Waals surface area contributed by atoms with Crippen molar-refractivity contribution in [2.45, 2.75) is 65.3 Å². The summed E-state index contributed by atoms with van der Waals surface area (Å²) in [6.45, 7) is 7.26. The third-order valence-corrected chi connectivity index (χ3v) is 6.63. The molecular weight excluding hydrogens is 418 g/mol. The Morgan fingerprint density at radius 2 is 1.58 bits per heavy atom. The summed E-state index contributed by atoms with van der Waals surface area (Å²) in [5, 5.41) is 18.4. The van der Waals surface area contributed by atoms with Gasteiger partial charge in [0.2, 0.25) is 0 Å². The lowest BCUT2D eigenvalue weighted by molar-refractivity contribution is -0.146. The molecule has 1 atom stereocenters. The molecule has 0 aliphatic heterocycles. The molecule has 2 aromatic rings. The Morgan fingerprint density at radius 3 is 2.18 bits per heavy atom. The van der Waals surface area contributed by atoms with E-state index in [1.807, 2.05) is 39.0 Å². The smallest absolute Gasteiger partial charge is 0.329 e. The number of urea groups is 1.